The van der Waals surface area contributed by atoms with Crippen molar-refractivity contribution in [2.24, 2.45) is 5.11 Å². The van der Waals surface area contributed by atoms with Gasteiger partial charge in [0, 0.05) is 12.0 Å². The SMILES string of the molecule is CO[C@H]1COC[C@@H]1N=[N+]=[N-]. The quantitative estimate of drug-likeness (QED) is 0.324. The van der Waals surface area contributed by atoms with Gasteiger partial charge in [-0.05, 0) is 5.53 Å². The largest absolute Gasteiger partial charge is 0.379 e. The molecule has 0 aromatic rings. The Morgan fingerprint density at radius 3 is 3.10 bits per heavy atom. The molecule has 0 amide bonds. The summed E-state index contributed by atoms with van der Waals surface area (Å²) in [6.07, 6.45) is -0.0594. The van der Waals surface area contributed by atoms with Crippen LogP contribution in [0, 0.1) is 0 Å². The van der Waals surface area contributed by atoms with Gasteiger partial charge in [-0.3, -0.25) is 0 Å². The maximum Gasteiger partial charge on any atom is 0.0911 e. The van der Waals surface area contributed by atoms with Crippen molar-refractivity contribution < 1.29 is 9.47 Å². The molecule has 0 radical (unpaired) electrons. The van der Waals surface area contributed by atoms with Crippen LogP contribution in [0.1, 0.15) is 0 Å². The zero-order valence-corrected chi connectivity index (χ0v) is 5.73. The molecular weight excluding hydrogens is 134 g/mol. The van der Waals surface area contributed by atoms with E-state index in [-0.39, 0.29) is 12.1 Å². The molecule has 5 heteroatoms. The highest BCUT2D eigenvalue weighted by Gasteiger charge is 2.26. The van der Waals surface area contributed by atoms with Gasteiger partial charge in [0.05, 0.1) is 25.4 Å². The number of ether oxygens (including phenoxy) is 2. The van der Waals surface area contributed by atoms with Crippen LogP contribution in [0.25, 0.3) is 10.4 Å². The number of methoxy groups -OCH3 is 1. The van der Waals surface area contributed by atoms with Gasteiger partial charge in [0.2, 0.25) is 0 Å². The van der Waals surface area contributed by atoms with Crippen molar-refractivity contribution >= 4 is 0 Å². The van der Waals surface area contributed by atoms with Crippen LogP contribution in [-0.4, -0.2) is 32.5 Å². The lowest BCUT2D eigenvalue weighted by Gasteiger charge is -2.08. The Balaban J connectivity index is 2.49. The maximum absolute atomic E-state index is 8.09. The number of rotatable bonds is 2. The van der Waals surface area contributed by atoms with E-state index in [1.54, 1.807) is 7.11 Å². The first-order valence-corrected chi connectivity index (χ1v) is 3.03. The second-order valence-corrected chi connectivity index (χ2v) is 2.08. The molecule has 0 aromatic heterocycles. The summed E-state index contributed by atoms with van der Waals surface area (Å²) in [5.41, 5.74) is 8.09. The Kier molecular flexibility index (Phi) is 2.50. The van der Waals surface area contributed by atoms with Crippen LogP contribution in [0.2, 0.25) is 0 Å². The summed E-state index contributed by atoms with van der Waals surface area (Å²) < 4.78 is 10.0. The molecule has 0 bridgehead atoms. The normalized spacial score (nSPS) is 31.7. The molecule has 0 unspecified atom stereocenters. The first-order chi connectivity index (χ1) is 4.88. The van der Waals surface area contributed by atoms with E-state index >= 15 is 0 Å². The van der Waals surface area contributed by atoms with Crippen LogP contribution in [0.3, 0.4) is 0 Å². The molecule has 1 rings (SSSR count). The molecule has 0 spiro atoms. The van der Waals surface area contributed by atoms with Gasteiger partial charge < -0.3 is 9.47 Å². The van der Waals surface area contributed by atoms with Crippen LogP contribution in [0.5, 0.6) is 0 Å². The minimum Gasteiger partial charge on any atom is -0.379 e. The van der Waals surface area contributed by atoms with Crippen molar-refractivity contribution in [1.29, 1.82) is 0 Å². The van der Waals surface area contributed by atoms with E-state index in [9.17, 15) is 0 Å². The van der Waals surface area contributed by atoms with Gasteiger partial charge in [0.1, 0.15) is 0 Å². The van der Waals surface area contributed by atoms with E-state index in [0.29, 0.717) is 13.2 Å². The minimum atomic E-state index is -0.144. The molecule has 0 aliphatic carbocycles. The molecule has 1 saturated heterocycles. The van der Waals surface area contributed by atoms with Crippen molar-refractivity contribution in [3.8, 4) is 0 Å². The average Bonchev–Trinajstić information content (AvgIpc) is 2.36. The average molecular weight is 143 g/mol. The maximum atomic E-state index is 8.09. The van der Waals surface area contributed by atoms with Gasteiger partial charge >= 0.3 is 0 Å². The molecule has 1 aliphatic rings. The molecule has 0 saturated carbocycles. The van der Waals surface area contributed by atoms with Crippen molar-refractivity contribution in [3.05, 3.63) is 10.4 Å². The van der Waals surface area contributed by atoms with E-state index in [4.69, 9.17) is 15.0 Å². The van der Waals surface area contributed by atoms with Crippen molar-refractivity contribution in [2.45, 2.75) is 12.1 Å². The van der Waals surface area contributed by atoms with Gasteiger partial charge in [0.25, 0.3) is 0 Å². The van der Waals surface area contributed by atoms with Crippen molar-refractivity contribution in [2.75, 3.05) is 20.3 Å². The third-order valence-corrected chi connectivity index (χ3v) is 1.50. The summed E-state index contributed by atoms with van der Waals surface area (Å²) in [5.74, 6) is 0. The van der Waals surface area contributed by atoms with Crippen LogP contribution in [0.4, 0.5) is 0 Å². The first kappa shape index (κ1) is 7.34. The molecule has 1 fully saturated rings. The van der Waals surface area contributed by atoms with E-state index in [1.165, 1.54) is 0 Å². The monoisotopic (exact) mass is 143 g/mol. The lowest BCUT2D eigenvalue weighted by Crippen LogP contribution is -2.23. The van der Waals surface area contributed by atoms with E-state index < -0.39 is 0 Å². The Bertz CT molecular complexity index is 155. The van der Waals surface area contributed by atoms with Crippen LogP contribution >= 0.6 is 0 Å². The second-order valence-electron chi connectivity index (χ2n) is 2.08. The van der Waals surface area contributed by atoms with Gasteiger partial charge in [-0.15, -0.1) is 0 Å². The minimum absolute atomic E-state index is 0.0594. The topological polar surface area (TPSA) is 67.2 Å². The third kappa shape index (κ3) is 1.39. The van der Waals surface area contributed by atoms with Crippen molar-refractivity contribution in [3.63, 3.8) is 0 Å². The zero-order chi connectivity index (χ0) is 7.40. The first-order valence-electron chi connectivity index (χ1n) is 3.03. The van der Waals surface area contributed by atoms with Gasteiger partial charge in [-0.25, -0.2) is 0 Å². The van der Waals surface area contributed by atoms with E-state index in [1.807, 2.05) is 0 Å². The van der Waals surface area contributed by atoms with Crippen LogP contribution < -0.4 is 0 Å². The predicted molar refractivity (Wildman–Crippen MR) is 34.5 cm³/mol. The molecule has 2 atom stereocenters. The van der Waals surface area contributed by atoms with Gasteiger partial charge in [-0.1, -0.05) is 5.11 Å². The second kappa shape index (κ2) is 3.41. The van der Waals surface area contributed by atoms with E-state index in [0.717, 1.165) is 0 Å². The standard InChI is InChI=1S/C5H9N3O2/c1-9-5-3-10-2-4(5)7-8-6/h4-5H,2-3H2,1H3/t4-,5-/m0/s1. The van der Waals surface area contributed by atoms with Gasteiger partial charge in [0.15, 0.2) is 0 Å². The highest BCUT2D eigenvalue weighted by Crippen LogP contribution is 2.11. The summed E-state index contributed by atoms with van der Waals surface area (Å²) in [6, 6.07) is -0.144. The molecule has 0 aromatic carbocycles. The molecule has 0 N–H and O–H groups in total. The summed E-state index contributed by atoms with van der Waals surface area (Å²) in [6.45, 7) is 1.00. The fourth-order valence-electron chi connectivity index (χ4n) is 0.922. The molecule has 1 aliphatic heterocycles. The van der Waals surface area contributed by atoms with Crippen molar-refractivity contribution in [1.82, 2.24) is 0 Å². The molecule has 1 heterocycles. The molecule has 56 valence electrons. The summed E-state index contributed by atoms with van der Waals surface area (Å²) in [7, 11) is 1.58. The number of nitrogens with zero attached hydrogens (tertiary/aromatic N) is 3. The Morgan fingerprint density at radius 2 is 2.50 bits per heavy atom. The number of azide groups is 1. The van der Waals surface area contributed by atoms with Gasteiger partial charge in [-0.2, -0.15) is 0 Å². The molecule has 5 nitrogen and oxygen atoms in total. The highest BCUT2D eigenvalue weighted by atomic mass is 16.5. The number of hydrogen-bond acceptors (Lipinski definition) is 3. The summed E-state index contributed by atoms with van der Waals surface area (Å²) in [4.78, 5) is 2.68. The zero-order valence-electron chi connectivity index (χ0n) is 5.73. The lowest BCUT2D eigenvalue weighted by atomic mass is 10.2. The number of hydrogen-bond donors (Lipinski definition) is 0. The molecule has 10 heavy (non-hydrogen) atoms. The lowest BCUT2D eigenvalue weighted by molar-refractivity contribution is 0.0778. The van der Waals surface area contributed by atoms with Crippen LogP contribution in [0.15, 0.2) is 5.11 Å². The smallest absolute Gasteiger partial charge is 0.0911 e. The Labute approximate surface area is 58.6 Å². The Morgan fingerprint density at radius 1 is 1.70 bits per heavy atom. The summed E-state index contributed by atoms with van der Waals surface area (Å²) >= 11 is 0. The van der Waals surface area contributed by atoms with Crippen LogP contribution in [-0.2, 0) is 9.47 Å². The third-order valence-electron chi connectivity index (χ3n) is 1.50. The molecular formula is C5H9N3O2. The van der Waals surface area contributed by atoms with E-state index in [2.05, 4.69) is 10.0 Å². The Hall–Kier alpha value is -0.770. The fourth-order valence-corrected chi connectivity index (χ4v) is 0.922. The fraction of sp³-hybridized carbons (Fsp3) is 1.00. The highest BCUT2D eigenvalue weighted by molar-refractivity contribution is 4.81. The summed E-state index contributed by atoms with van der Waals surface area (Å²) in [5, 5.41) is 3.51. The predicted octanol–water partition coefficient (Wildman–Crippen LogP) is 0.710.